The zero-order valence-corrected chi connectivity index (χ0v) is 18.9. The number of carbonyl (C=O) groups excluding carboxylic acids is 2. The van der Waals surface area contributed by atoms with Gasteiger partial charge in [-0.3, -0.25) is 14.6 Å². The highest BCUT2D eigenvalue weighted by atomic mass is 19.4. The smallest absolute Gasteiger partial charge is 0.420 e. The molecule has 0 spiro atoms. The third-order valence-corrected chi connectivity index (χ3v) is 5.47. The molecule has 188 valence electrons. The summed E-state index contributed by atoms with van der Waals surface area (Å²) in [6.45, 7) is 0.0190. The maximum atomic E-state index is 13.4. The van der Waals surface area contributed by atoms with Gasteiger partial charge < -0.3 is 20.1 Å². The Morgan fingerprint density at radius 3 is 2.36 bits per heavy atom. The van der Waals surface area contributed by atoms with Crippen molar-refractivity contribution in [3.63, 3.8) is 0 Å². The molecule has 2 heterocycles. The third kappa shape index (κ3) is 5.70. The van der Waals surface area contributed by atoms with Crippen LogP contribution in [0.3, 0.4) is 0 Å². The number of carbonyl (C=O) groups is 2. The van der Waals surface area contributed by atoms with Gasteiger partial charge in [0.05, 0.1) is 31.1 Å². The Morgan fingerprint density at radius 1 is 1.03 bits per heavy atom. The molecule has 0 saturated heterocycles. The maximum absolute atomic E-state index is 13.4. The maximum Gasteiger partial charge on any atom is 0.420 e. The summed E-state index contributed by atoms with van der Waals surface area (Å²) in [6.07, 6.45) is -1.47. The number of benzene rings is 1. The number of methoxy groups -OCH3 is 1. The van der Waals surface area contributed by atoms with E-state index in [4.69, 9.17) is 9.47 Å². The third-order valence-electron chi connectivity index (χ3n) is 5.47. The van der Waals surface area contributed by atoms with Crippen LogP contribution in [0, 0.1) is 5.95 Å². The summed E-state index contributed by atoms with van der Waals surface area (Å²) >= 11 is 0. The Hall–Kier alpha value is -4.22. The quantitative estimate of drug-likeness (QED) is 0.355. The molecule has 3 aromatic rings. The van der Waals surface area contributed by atoms with Crippen molar-refractivity contribution in [2.24, 2.45) is 0 Å². The Morgan fingerprint density at radius 2 is 1.78 bits per heavy atom. The molecule has 4 rings (SSSR count). The van der Waals surface area contributed by atoms with E-state index in [2.05, 4.69) is 20.6 Å². The van der Waals surface area contributed by atoms with Crippen molar-refractivity contribution in [2.75, 3.05) is 7.11 Å². The normalized spacial score (nSPS) is 14.0. The first-order valence-corrected chi connectivity index (χ1v) is 10.7. The molecule has 0 unspecified atom stereocenters. The molecule has 1 fully saturated rings. The van der Waals surface area contributed by atoms with Gasteiger partial charge in [-0.05, 0) is 55.3 Å². The molecule has 1 aromatic carbocycles. The van der Waals surface area contributed by atoms with Crippen molar-refractivity contribution in [3.8, 4) is 17.2 Å². The zero-order chi connectivity index (χ0) is 25.9. The van der Waals surface area contributed by atoms with E-state index >= 15 is 0 Å². The number of hydrogen-bond donors (Lipinski definition) is 2. The van der Waals surface area contributed by atoms with Crippen molar-refractivity contribution in [3.05, 3.63) is 77.6 Å². The van der Waals surface area contributed by atoms with E-state index in [1.54, 1.807) is 0 Å². The van der Waals surface area contributed by atoms with Gasteiger partial charge in [0.1, 0.15) is 28.4 Å². The molecule has 0 bridgehead atoms. The van der Waals surface area contributed by atoms with Gasteiger partial charge in [-0.25, -0.2) is 4.98 Å². The van der Waals surface area contributed by atoms with Gasteiger partial charge in [0.25, 0.3) is 5.91 Å². The number of nitrogens with one attached hydrogen (secondary N) is 2. The second-order valence-corrected chi connectivity index (χ2v) is 8.04. The standard InChI is InChI=1S/C24H20F4N4O4/c1-35-16-5-6-19(18(10-16)24(26,27)28)36-17-4-3-15(29-13-17)12-31-22(34)23(8-9-23)32-21(33)14-2-7-20(25)30-11-14/h2-7,10-11,13H,8-9,12H2,1H3,(H,31,34)(H,32,33). The number of halogens is 4. The molecule has 2 amide bonds. The monoisotopic (exact) mass is 504 g/mol. The lowest BCUT2D eigenvalue weighted by Gasteiger charge is -2.17. The number of aromatic nitrogens is 2. The number of alkyl halides is 3. The topological polar surface area (TPSA) is 102 Å². The van der Waals surface area contributed by atoms with Crippen molar-refractivity contribution in [2.45, 2.75) is 31.1 Å². The lowest BCUT2D eigenvalue weighted by Crippen LogP contribution is -2.48. The average molecular weight is 504 g/mol. The first kappa shape index (κ1) is 24.9. The first-order chi connectivity index (χ1) is 17.1. The minimum absolute atomic E-state index is 0.0190. The Labute approximate surface area is 202 Å². The zero-order valence-electron chi connectivity index (χ0n) is 18.9. The summed E-state index contributed by atoms with van der Waals surface area (Å²) < 4.78 is 63.3. The van der Waals surface area contributed by atoms with Crippen molar-refractivity contribution >= 4 is 11.8 Å². The van der Waals surface area contributed by atoms with Gasteiger partial charge in [-0.1, -0.05) is 0 Å². The molecular formula is C24H20F4N4O4. The highest BCUT2D eigenvalue weighted by molar-refractivity contribution is 6.00. The summed E-state index contributed by atoms with van der Waals surface area (Å²) in [5, 5.41) is 5.33. The van der Waals surface area contributed by atoms with E-state index in [9.17, 15) is 27.2 Å². The van der Waals surface area contributed by atoms with Crippen LogP contribution in [0.15, 0.2) is 54.9 Å². The number of hydrogen-bond acceptors (Lipinski definition) is 6. The van der Waals surface area contributed by atoms with E-state index in [0.29, 0.717) is 18.5 Å². The van der Waals surface area contributed by atoms with Gasteiger partial charge in [0.15, 0.2) is 0 Å². The van der Waals surface area contributed by atoms with Crippen LogP contribution < -0.4 is 20.1 Å². The van der Waals surface area contributed by atoms with Crippen LogP contribution in [0.2, 0.25) is 0 Å². The average Bonchev–Trinajstić information content (AvgIpc) is 3.64. The fourth-order valence-electron chi connectivity index (χ4n) is 3.32. The Bertz CT molecular complexity index is 1260. The molecule has 1 aliphatic rings. The molecule has 2 aromatic heterocycles. The highest BCUT2D eigenvalue weighted by Gasteiger charge is 2.51. The fourth-order valence-corrected chi connectivity index (χ4v) is 3.32. The largest absolute Gasteiger partial charge is 0.497 e. The predicted octanol–water partition coefficient (Wildman–Crippen LogP) is 4.01. The van der Waals surface area contributed by atoms with Gasteiger partial charge in [-0.15, -0.1) is 0 Å². The molecular weight excluding hydrogens is 484 g/mol. The van der Waals surface area contributed by atoms with E-state index < -0.39 is 40.8 Å². The van der Waals surface area contributed by atoms with E-state index in [1.807, 2.05) is 0 Å². The molecule has 12 heteroatoms. The Balaban J connectivity index is 1.35. The van der Waals surface area contributed by atoms with Gasteiger partial charge in [0.2, 0.25) is 11.9 Å². The SMILES string of the molecule is COc1ccc(Oc2ccc(CNC(=O)C3(NC(=O)c4ccc(F)nc4)CC3)nc2)c(C(F)(F)F)c1. The van der Waals surface area contributed by atoms with Crippen LogP contribution in [0.1, 0.15) is 34.5 Å². The van der Waals surface area contributed by atoms with Crippen LogP contribution in [-0.2, 0) is 17.5 Å². The minimum atomic E-state index is -4.65. The van der Waals surface area contributed by atoms with Crippen LogP contribution in [0.4, 0.5) is 17.6 Å². The summed E-state index contributed by atoms with van der Waals surface area (Å²) in [4.78, 5) is 32.5. The van der Waals surface area contributed by atoms with Crippen LogP contribution >= 0.6 is 0 Å². The fraction of sp³-hybridized carbons (Fsp3) is 0.250. The molecule has 2 N–H and O–H groups in total. The predicted molar refractivity (Wildman–Crippen MR) is 118 cm³/mol. The van der Waals surface area contributed by atoms with Gasteiger partial charge in [-0.2, -0.15) is 17.6 Å². The molecule has 8 nitrogen and oxygen atoms in total. The number of pyridine rings is 2. The van der Waals surface area contributed by atoms with E-state index in [1.165, 1.54) is 37.6 Å². The number of rotatable bonds is 8. The lowest BCUT2D eigenvalue weighted by atomic mass is 10.2. The van der Waals surface area contributed by atoms with Crippen LogP contribution in [-0.4, -0.2) is 34.4 Å². The molecule has 0 radical (unpaired) electrons. The lowest BCUT2D eigenvalue weighted by molar-refractivity contribution is -0.138. The molecule has 1 saturated carbocycles. The highest BCUT2D eigenvalue weighted by Crippen LogP contribution is 2.40. The van der Waals surface area contributed by atoms with Gasteiger partial charge >= 0.3 is 6.18 Å². The number of amides is 2. The summed E-state index contributed by atoms with van der Waals surface area (Å²) in [5.74, 6) is -1.99. The minimum Gasteiger partial charge on any atom is -0.497 e. The van der Waals surface area contributed by atoms with Crippen molar-refractivity contribution in [1.29, 1.82) is 0 Å². The van der Waals surface area contributed by atoms with Crippen LogP contribution in [0.25, 0.3) is 0 Å². The molecule has 36 heavy (non-hydrogen) atoms. The first-order valence-electron chi connectivity index (χ1n) is 10.7. The van der Waals surface area contributed by atoms with E-state index in [0.717, 1.165) is 24.4 Å². The second-order valence-electron chi connectivity index (χ2n) is 8.04. The summed E-state index contributed by atoms with van der Waals surface area (Å²) in [6, 6.07) is 8.58. The van der Waals surface area contributed by atoms with Crippen molar-refractivity contribution in [1.82, 2.24) is 20.6 Å². The molecule has 1 aliphatic carbocycles. The molecule has 0 aliphatic heterocycles. The number of ether oxygens (including phenoxy) is 2. The van der Waals surface area contributed by atoms with Crippen molar-refractivity contribution < 1.29 is 36.6 Å². The van der Waals surface area contributed by atoms with Crippen LogP contribution in [0.5, 0.6) is 17.2 Å². The number of nitrogens with zero attached hydrogens (tertiary/aromatic N) is 2. The van der Waals surface area contributed by atoms with Gasteiger partial charge in [0, 0.05) is 6.20 Å². The Kier molecular flexibility index (Phi) is 6.77. The van der Waals surface area contributed by atoms with E-state index in [-0.39, 0.29) is 23.6 Å². The summed E-state index contributed by atoms with van der Waals surface area (Å²) in [5.41, 5.74) is -1.52. The summed E-state index contributed by atoms with van der Waals surface area (Å²) in [7, 11) is 1.26. The second kappa shape index (κ2) is 9.80. The molecule has 0 atom stereocenters.